The van der Waals surface area contributed by atoms with E-state index in [0.717, 1.165) is 11.3 Å². The number of aromatic nitrogens is 1. The smallest absolute Gasteiger partial charge is 0.161 e. The fourth-order valence-corrected chi connectivity index (χ4v) is 2.12. The molecule has 0 radical (unpaired) electrons. The van der Waals surface area contributed by atoms with E-state index < -0.39 is 0 Å². The second-order valence-electron chi connectivity index (χ2n) is 5.06. The average Bonchev–Trinajstić information content (AvgIpc) is 2.58. The number of aliphatic hydroxyl groups excluding tert-OH is 1. The van der Waals surface area contributed by atoms with E-state index in [9.17, 15) is 4.39 Å². The van der Waals surface area contributed by atoms with Gasteiger partial charge in [0.15, 0.2) is 11.5 Å². The van der Waals surface area contributed by atoms with Gasteiger partial charge in [0, 0.05) is 12.6 Å². The van der Waals surface area contributed by atoms with E-state index in [0.29, 0.717) is 18.0 Å². The molecule has 2 N–H and O–H groups in total. The number of methoxy groups -OCH3 is 1. The summed E-state index contributed by atoms with van der Waals surface area (Å²) in [6, 6.07) is 8.67. The van der Waals surface area contributed by atoms with Crippen LogP contribution in [0.3, 0.4) is 0 Å². The fraction of sp³-hybridized carbons (Fsp3) is 0.353. The Morgan fingerprint density at radius 3 is 2.74 bits per heavy atom. The van der Waals surface area contributed by atoms with Gasteiger partial charge in [-0.3, -0.25) is 4.98 Å². The molecule has 124 valence electrons. The summed E-state index contributed by atoms with van der Waals surface area (Å²) < 4.78 is 23.6. The van der Waals surface area contributed by atoms with Crippen LogP contribution in [0, 0.1) is 5.82 Å². The van der Waals surface area contributed by atoms with Crippen molar-refractivity contribution >= 4 is 0 Å². The van der Waals surface area contributed by atoms with Gasteiger partial charge in [-0.1, -0.05) is 6.07 Å². The van der Waals surface area contributed by atoms with Crippen molar-refractivity contribution in [3.63, 3.8) is 0 Å². The number of ether oxygens (including phenoxy) is 2. The zero-order valence-electron chi connectivity index (χ0n) is 13.3. The van der Waals surface area contributed by atoms with Crippen molar-refractivity contribution in [3.8, 4) is 11.5 Å². The minimum atomic E-state index is -0.343. The van der Waals surface area contributed by atoms with Gasteiger partial charge >= 0.3 is 0 Å². The second kappa shape index (κ2) is 8.45. The predicted molar refractivity (Wildman–Crippen MR) is 85.0 cm³/mol. The number of hydrogen-bond donors (Lipinski definition) is 2. The molecule has 0 aliphatic carbocycles. The first-order valence-corrected chi connectivity index (χ1v) is 7.39. The third-order valence-electron chi connectivity index (χ3n) is 3.38. The molecule has 0 saturated heterocycles. The summed E-state index contributed by atoms with van der Waals surface area (Å²) in [5.41, 5.74) is 1.80. The van der Waals surface area contributed by atoms with Crippen molar-refractivity contribution in [2.24, 2.45) is 0 Å². The van der Waals surface area contributed by atoms with E-state index in [2.05, 4.69) is 10.3 Å². The van der Waals surface area contributed by atoms with Gasteiger partial charge in [0.25, 0.3) is 0 Å². The highest BCUT2D eigenvalue weighted by molar-refractivity contribution is 5.43. The minimum absolute atomic E-state index is 0.00749. The highest BCUT2D eigenvalue weighted by atomic mass is 19.1. The lowest BCUT2D eigenvalue weighted by Gasteiger charge is -2.15. The second-order valence-corrected chi connectivity index (χ2v) is 5.06. The largest absolute Gasteiger partial charge is 0.493 e. The molecule has 1 aromatic heterocycles. The SMILES string of the molecule is COc1cc(CNC(C)c2ccc(F)cn2)ccc1OCCO. The Bertz CT molecular complexity index is 620. The standard InChI is InChI=1S/C17H21FN2O3/c1-12(15-5-4-14(18)11-20-15)19-10-13-3-6-16(23-8-7-21)17(9-13)22-2/h3-6,9,11-12,19,21H,7-8,10H2,1-2H3. The van der Waals surface area contributed by atoms with E-state index in [1.54, 1.807) is 13.2 Å². The molecule has 1 unspecified atom stereocenters. The summed E-state index contributed by atoms with van der Waals surface area (Å²) >= 11 is 0. The molecule has 1 aromatic carbocycles. The monoisotopic (exact) mass is 320 g/mol. The van der Waals surface area contributed by atoms with Crippen molar-refractivity contribution in [1.29, 1.82) is 0 Å². The summed E-state index contributed by atoms with van der Waals surface area (Å²) in [7, 11) is 1.57. The molecular formula is C17H21FN2O3. The average molecular weight is 320 g/mol. The normalized spacial score (nSPS) is 12.0. The van der Waals surface area contributed by atoms with Gasteiger partial charge in [-0.15, -0.1) is 0 Å². The predicted octanol–water partition coefficient (Wildman–Crippen LogP) is 2.45. The molecule has 5 nitrogen and oxygen atoms in total. The van der Waals surface area contributed by atoms with Gasteiger partial charge in [0.05, 0.1) is 25.6 Å². The Kier molecular flexibility index (Phi) is 6.31. The molecule has 0 saturated carbocycles. The van der Waals surface area contributed by atoms with Crippen LogP contribution in [0.15, 0.2) is 36.5 Å². The topological polar surface area (TPSA) is 63.6 Å². The molecule has 0 aliphatic rings. The summed E-state index contributed by atoms with van der Waals surface area (Å²) in [4.78, 5) is 4.07. The van der Waals surface area contributed by atoms with Crippen LogP contribution >= 0.6 is 0 Å². The molecular weight excluding hydrogens is 299 g/mol. The van der Waals surface area contributed by atoms with Gasteiger partial charge in [-0.25, -0.2) is 4.39 Å². The van der Waals surface area contributed by atoms with Crippen LogP contribution in [0.2, 0.25) is 0 Å². The molecule has 1 atom stereocenters. The number of hydrogen-bond acceptors (Lipinski definition) is 5. The Labute approximate surface area is 135 Å². The van der Waals surface area contributed by atoms with Crippen LogP contribution in [0.1, 0.15) is 24.2 Å². The molecule has 0 bridgehead atoms. The van der Waals surface area contributed by atoms with Crippen molar-refractivity contribution in [2.75, 3.05) is 20.3 Å². The van der Waals surface area contributed by atoms with Gasteiger partial charge < -0.3 is 19.9 Å². The van der Waals surface area contributed by atoms with Crippen LogP contribution in [0.5, 0.6) is 11.5 Å². The number of pyridine rings is 1. The van der Waals surface area contributed by atoms with Crippen molar-refractivity contribution in [2.45, 2.75) is 19.5 Å². The molecule has 23 heavy (non-hydrogen) atoms. The number of benzene rings is 1. The Morgan fingerprint density at radius 2 is 2.09 bits per heavy atom. The van der Waals surface area contributed by atoms with E-state index in [1.165, 1.54) is 12.3 Å². The Hall–Kier alpha value is -2.18. The van der Waals surface area contributed by atoms with Crippen LogP contribution in [-0.2, 0) is 6.54 Å². The highest BCUT2D eigenvalue weighted by Crippen LogP contribution is 2.28. The Morgan fingerprint density at radius 1 is 1.26 bits per heavy atom. The van der Waals surface area contributed by atoms with Gasteiger partial charge in [0.2, 0.25) is 0 Å². The first-order chi connectivity index (χ1) is 11.1. The van der Waals surface area contributed by atoms with Crippen molar-refractivity contribution in [3.05, 3.63) is 53.6 Å². The van der Waals surface area contributed by atoms with Crippen molar-refractivity contribution < 1.29 is 19.0 Å². The summed E-state index contributed by atoms with van der Waals surface area (Å²) in [5, 5.41) is 12.1. The van der Waals surface area contributed by atoms with Crippen LogP contribution < -0.4 is 14.8 Å². The maximum atomic E-state index is 12.9. The first kappa shape index (κ1) is 17.2. The molecule has 6 heteroatoms. The first-order valence-electron chi connectivity index (χ1n) is 7.39. The molecule has 0 spiro atoms. The molecule has 0 fully saturated rings. The third kappa shape index (κ3) is 4.91. The van der Waals surface area contributed by atoms with E-state index in [4.69, 9.17) is 14.6 Å². The quantitative estimate of drug-likeness (QED) is 0.782. The van der Waals surface area contributed by atoms with Crippen molar-refractivity contribution in [1.82, 2.24) is 10.3 Å². The molecule has 2 rings (SSSR count). The van der Waals surface area contributed by atoms with Gasteiger partial charge in [-0.05, 0) is 36.8 Å². The highest BCUT2D eigenvalue weighted by Gasteiger charge is 2.09. The summed E-state index contributed by atoms with van der Waals surface area (Å²) in [6.07, 6.45) is 1.21. The van der Waals surface area contributed by atoms with Gasteiger partial charge in [0.1, 0.15) is 12.4 Å². The number of nitrogens with zero attached hydrogens (tertiary/aromatic N) is 1. The van der Waals surface area contributed by atoms with E-state index >= 15 is 0 Å². The number of halogens is 1. The maximum absolute atomic E-state index is 12.9. The van der Waals surface area contributed by atoms with Gasteiger partial charge in [-0.2, -0.15) is 0 Å². The minimum Gasteiger partial charge on any atom is -0.493 e. The lowest BCUT2D eigenvalue weighted by Crippen LogP contribution is -2.19. The summed E-state index contributed by atoms with van der Waals surface area (Å²) in [5.74, 6) is 0.869. The molecule has 1 heterocycles. The number of rotatable bonds is 8. The number of nitrogens with one attached hydrogen (secondary N) is 1. The zero-order valence-corrected chi connectivity index (χ0v) is 13.3. The Balaban J connectivity index is 1.98. The number of aliphatic hydroxyl groups is 1. The van der Waals surface area contributed by atoms with Crippen LogP contribution in [0.4, 0.5) is 4.39 Å². The molecule has 0 aliphatic heterocycles. The van der Waals surface area contributed by atoms with E-state index in [1.807, 2.05) is 25.1 Å². The summed E-state index contributed by atoms with van der Waals surface area (Å²) in [6.45, 7) is 2.75. The lowest BCUT2D eigenvalue weighted by molar-refractivity contribution is 0.196. The van der Waals surface area contributed by atoms with Crippen LogP contribution in [-0.4, -0.2) is 30.4 Å². The zero-order chi connectivity index (χ0) is 16.7. The van der Waals surface area contributed by atoms with Crippen LogP contribution in [0.25, 0.3) is 0 Å². The molecule has 0 amide bonds. The third-order valence-corrected chi connectivity index (χ3v) is 3.38. The lowest BCUT2D eigenvalue weighted by atomic mass is 10.1. The fourth-order valence-electron chi connectivity index (χ4n) is 2.12. The maximum Gasteiger partial charge on any atom is 0.161 e. The van der Waals surface area contributed by atoms with E-state index in [-0.39, 0.29) is 25.1 Å². The molecule has 2 aromatic rings.